The summed E-state index contributed by atoms with van der Waals surface area (Å²) < 4.78 is 5.83. The van der Waals surface area contributed by atoms with E-state index in [1.807, 2.05) is 18.3 Å². The fourth-order valence-electron chi connectivity index (χ4n) is 2.70. The van der Waals surface area contributed by atoms with Crippen LogP contribution in [0.4, 0.5) is 5.82 Å². The summed E-state index contributed by atoms with van der Waals surface area (Å²) in [5.41, 5.74) is 0. The van der Waals surface area contributed by atoms with Gasteiger partial charge in [0.25, 0.3) is 0 Å². The molecule has 1 aliphatic rings. The molecular weight excluding hydrogens is 262 g/mol. The first-order chi connectivity index (χ1) is 10.2. The second-order valence-corrected chi connectivity index (χ2v) is 6.17. The van der Waals surface area contributed by atoms with E-state index in [0.29, 0.717) is 6.04 Å². The average molecular weight is 291 g/mol. The number of rotatable bonds is 7. The molecule has 0 aliphatic carbocycles. The lowest BCUT2D eigenvalue weighted by Gasteiger charge is -2.34. The smallest absolute Gasteiger partial charge is 0.171 e. The molecule has 0 spiro atoms. The van der Waals surface area contributed by atoms with Crippen molar-refractivity contribution in [2.24, 2.45) is 5.92 Å². The lowest BCUT2D eigenvalue weighted by molar-refractivity contribution is 0.313. The van der Waals surface area contributed by atoms with Crippen LogP contribution in [0.15, 0.2) is 18.3 Å². The van der Waals surface area contributed by atoms with E-state index < -0.39 is 0 Å². The van der Waals surface area contributed by atoms with E-state index in [9.17, 15) is 0 Å². The van der Waals surface area contributed by atoms with Crippen molar-refractivity contribution in [2.45, 2.75) is 46.1 Å². The highest BCUT2D eigenvalue weighted by atomic mass is 16.5. The minimum Gasteiger partial charge on any atom is -0.490 e. The summed E-state index contributed by atoms with van der Waals surface area (Å²) in [6, 6.07) is 4.56. The van der Waals surface area contributed by atoms with Crippen molar-refractivity contribution in [1.82, 2.24) is 10.3 Å². The first-order valence-electron chi connectivity index (χ1n) is 8.26. The van der Waals surface area contributed by atoms with Crippen molar-refractivity contribution in [3.63, 3.8) is 0 Å². The Bertz CT molecular complexity index is 414. The monoisotopic (exact) mass is 291 g/mol. The molecule has 0 radical (unpaired) electrons. The average Bonchev–Trinajstić information content (AvgIpc) is 2.52. The molecule has 21 heavy (non-hydrogen) atoms. The van der Waals surface area contributed by atoms with Gasteiger partial charge in [0, 0.05) is 25.3 Å². The van der Waals surface area contributed by atoms with Crippen molar-refractivity contribution in [2.75, 3.05) is 31.1 Å². The highest BCUT2D eigenvalue weighted by Crippen LogP contribution is 2.29. The van der Waals surface area contributed by atoms with Crippen molar-refractivity contribution >= 4 is 5.82 Å². The molecule has 1 aliphatic heterocycles. The summed E-state index contributed by atoms with van der Waals surface area (Å²) in [5, 5.41) is 3.55. The van der Waals surface area contributed by atoms with E-state index in [-0.39, 0.29) is 0 Å². The minimum atomic E-state index is 0.577. The Kier molecular flexibility index (Phi) is 6.30. The van der Waals surface area contributed by atoms with Gasteiger partial charge in [0.05, 0.1) is 6.61 Å². The molecule has 1 saturated heterocycles. The van der Waals surface area contributed by atoms with Crippen LogP contribution in [-0.4, -0.2) is 37.3 Å². The normalized spacial score (nSPS) is 16.5. The van der Waals surface area contributed by atoms with E-state index in [1.54, 1.807) is 0 Å². The van der Waals surface area contributed by atoms with Gasteiger partial charge in [0.15, 0.2) is 11.6 Å². The van der Waals surface area contributed by atoms with Gasteiger partial charge in [0.1, 0.15) is 0 Å². The summed E-state index contributed by atoms with van der Waals surface area (Å²) in [6.07, 6.45) is 5.34. The summed E-state index contributed by atoms with van der Waals surface area (Å²) >= 11 is 0. The van der Waals surface area contributed by atoms with E-state index in [2.05, 4.69) is 36.0 Å². The Morgan fingerprint density at radius 3 is 2.81 bits per heavy atom. The summed E-state index contributed by atoms with van der Waals surface area (Å²) in [6.45, 7) is 10.6. The number of nitrogens with zero attached hydrogens (tertiary/aromatic N) is 2. The lowest BCUT2D eigenvalue weighted by atomic mass is 9.96. The topological polar surface area (TPSA) is 37.4 Å². The Balaban J connectivity index is 1.89. The van der Waals surface area contributed by atoms with Crippen molar-refractivity contribution in [1.29, 1.82) is 0 Å². The number of aromatic nitrogens is 1. The van der Waals surface area contributed by atoms with Gasteiger partial charge in [-0.25, -0.2) is 4.98 Å². The number of pyridine rings is 1. The molecule has 0 bridgehead atoms. The molecule has 0 saturated carbocycles. The molecular formula is C17H29N3O. The maximum absolute atomic E-state index is 5.83. The van der Waals surface area contributed by atoms with Gasteiger partial charge in [-0.1, -0.05) is 20.8 Å². The maximum Gasteiger partial charge on any atom is 0.171 e. The van der Waals surface area contributed by atoms with Gasteiger partial charge >= 0.3 is 0 Å². The molecule has 4 nitrogen and oxygen atoms in total. The molecule has 0 aromatic carbocycles. The quantitative estimate of drug-likeness (QED) is 0.837. The zero-order valence-corrected chi connectivity index (χ0v) is 13.6. The molecule has 118 valence electrons. The first-order valence-corrected chi connectivity index (χ1v) is 8.26. The number of piperidine rings is 1. The number of hydrogen-bond acceptors (Lipinski definition) is 4. The molecule has 1 aromatic rings. The zero-order valence-electron chi connectivity index (χ0n) is 13.6. The highest BCUT2D eigenvalue weighted by molar-refractivity contribution is 5.52. The third-order valence-electron chi connectivity index (χ3n) is 3.94. The van der Waals surface area contributed by atoms with Crippen LogP contribution >= 0.6 is 0 Å². The van der Waals surface area contributed by atoms with Gasteiger partial charge in [-0.05, 0) is 43.9 Å². The fraction of sp³-hybridized carbons (Fsp3) is 0.706. The Hall–Kier alpha value is -1.29. The number of nitrogens with one attached hydrogen (secondary N) is 1. The molecule has 2 rings (SSSR count). The Labute approximate surface area is 128 Å². The number of anilines is 1. The van der Waals surface area contributed by atoms with Gasteiger partial charge in [0.2, 0.25) is 0 Å². The van der Waals surface area contributed by atoms with Gasteiger partial charge in [-0.15, -0.1) is 0 Å². The van der Waals surface area contributed by atoms with Crippen molar-refractivity contribution in [3.8, 4) is 5.75 Å². The Morgan fingerprint density at radius 2 is 2.14 bits per heavy atom. The fourth-order valence-corrected chi connectivity index (χ4v) is 2.70. The molecule has 1 N–H and O–H groups in total. The van der Waals surface area contributed by atoms with Crippen LogP contribution in [-0.2, 0) is 0 Å². The standard InChI is InChI=1S/C17H29N3O/c1-4-12-21-16-6-5-9-18-17(16)20-10-7-15(8-11-20)13-19-14(2)3/h5-6,9,14-15,19H,4,7-8,10-13H2,1-3H3. The second kappa shape index (κ2) is 8.23. The molecule has 0 amide bonds. The largest absolute Gasteiger partial charge is 0.490 e. The van der Waals surface area contributed by atoms with Gasteiger partial charge < -0.3 is 15.0 Å². The number of ether oxygens (including phenoxy) is 1. The van der Waals surface area contributed by atoms with Gasteiger partial charge in [-0.2, -0.15) is 0 Å². The van der Waals surface area contributed by atoms with Crippen LogP contribution < -0.4 is 15.0 Å². The number of hydrogen-bond donors (Lipinski definition) is 1. The van der Waals surface area contributed by atoms with Crippen LogP contribution in [0.5, 0.6) is 5.75 Å². The van der Waals surface area contributed by atoms with Crippen molar-refractivity contribution < 1.29 is 4.74 Å². The molecule has 0 atom stereocenters. The van der Waals surface area contributed by atoms with Crippen LogP contribution in [0.2, 0.25) is 0 Å². The predicted octanol–water partition coefficient (Wildman–Crippen LogP) is 3.08. The predicted molar refractivity (Wildman–Crippen MR) is 88.1 cm³/mol. The molecule has 0 unspecified atom stereocenters. The third-order valence-corrected chi connectivity index (χ3v) is 3.94. The maximum atomic E-state index is 5.83. The second-order valence-electron chi connectivity index (χ2n) is 6.17. The van der Waals surface area contributed by atoms with Crippen LogP contribution in [0.25, 0.3) is 0 Å². The van der Waals surface area contributed by atoms with Gasteiger partial charge in [-0.3, -0.25) is 0 Å². The zero-order chi connectivity index (χ0) is 15.1. The molecule has 2 heterocycles. The van der Waals surface area contributed by atoms with E-state index >= 15 is 0 Å². The third kappa shape index (κ3) is 4.88. The lowest BCUT2D eigenvalue weighted by Crippen LogP contribution is -2.39. The van der Waals surface area contributed by atoms with E-state index in [0.717, 1.165) is 50.1 Å². The van der Waals surface area contributed by atoms with Crippen molar-refractivity contribution in [3.05, 3.63) is 18.3 Å². The SMILES string of the molecule is CCCOc1cccnc1N1CCC(CNC(C)C)CC1. The molecule has 4 heteroatoms. The van der Waals surface area contributed by atoms with Crippen LogP contribution in [0, 0.1) is 5.92 Å². The van der Waals surface area contributed by atoms with Crippen LogP contribution in [0.3, 0.4) is 0 Å². The minimum absolute atomic E-state index is 0.577. The first kappa shape index (κ1) is 16.1. The summed E-state index contributed by atoms with van der Waals surface area (Å²) in [5.74, 6) is 2.73. The summed E-state index contributed by atoms with van der Waals surface area (Å²) in [7, 11) is 0. The highest BCUT2D eigenvalue weighted by Gasteiger charge is 2.22. The van der Waals surface area contributed by atoms with E-state index in [4.69, 9.17) is 4.74 Å². The summed E-state index contributed by atoms with van der Waals surface area (Å²) in [4.78, 5) is 6.91. The van der Waals surface area contributed by atoms with Crippen LogP contribution in [0.1, 0.15) is 40.0 Å². The van der Waals surface area contributed by atoms with E-state index in [1.165, 1.54) is 12.8 Å². The Morgan fingerprint density at radius 1 is 1.38 bits per heavy atom. The molecule has 1 aromatic heterocycles. The molecule has 1 fully saturated rings.